The van der Waals surface area contributed by atoms with Crippen LogP contribution < -0.4 is 5.32 Å². The van der Waals surface area contributed by atoms with Gasteiger partial charge in [-0.1, -0.05) is 27.7 Å². The normalized spacial score (nSPS) is 43.0. The number of nitrogens with one attached hydrogen (secondary N) is 1. The van der Waals surface area contributed by atoms with Gasteiger partial charge in [0.25, 0.3) is 0 Å². The van der Waals surface area contributed by atoms with Crippen LogP contribution in [0.4, 0.5) is 0 Å². The van der Waals surface area contributed by atoms with E-state index in [4.69, 9.17) is 0 Å². The average Bonchev–Trinajstić information content (AvgIpc) is 2.69. The molecule has 1 heterocycles. The highest BCUT2D eigenvalue weighted by Gasteiger charge is 2.37. The van der Waals surface area contributed by atoms with Crippen molar-refractivity contribution < 1.29 is 0 Å². The van der Waals surface area contributed by atoms with Gasteiger partial charge >= 0.3 is 0 Å². The highest BCUT2D eigenvalue weighted by molar-refractivity contribution is 4.91. The van der Waals surface area contributed by atoms with Crippen molar-refractivity contribution in [2.45, 2.75) is 72.4 Å². The third-order valence-electron chi connectivity index (χ3n) is 5.69. The van der Waals surface area contributed by atoms with Gasteiger partial charge in [-0.3, -0.25) is 0 Å². The molecule has 0 amide bonds. The molecule has 1 saturated heterocycles. The standard InChI is InChI=1S/C18H36N2/c1-6-7-19-18-10-13(2)8-15(4)17(18)12-20-11-14(3)9-16(20)5/h13-19H,6-12H2,1-5H3. The van der Waals surface area contributed by atoms with Crippen molar-refractivity contribution in [3.05, 3.63) is 0 Å². The number of hydrogen-bond acceptors (Lipinski definition) is 2. The minimum absolute atomic E-state index is 0.747. The topological polar surface area (TPSA) is 15.3 Å². The lowest BCUT2D eigenvalue weighted by atomic mass is 9.72. The van der Waals surface area contributed by atoms with Gasteiger partial charge in [0, 0.05) is 25.2 Å². The van der Waals surface area contributed by atoms with Crippen LogP contribution in [0.15, 0.2) is 0 Å². The van der Waals surface area contributed by atoms with E-state index >= 15 is 0 Å². The third-order valence-corrected chi connectivity index (χ3v) is 5.69. The van der Waals surface area contributed by atoms with Crippen LogP contribution in [0, 0.1) is 23.7 Å². The Morgan fingerprint density at radius 1 is 1.00 bits per heavy atom. The maximum absolute atomic E-state index is 3.86. The Kier molecular flexibility index (Phi) is 5.92. The van der Waals surface area contributed by atoms with Crippen LogP contribution in [0.25, 0.3) is 0 Å². The van der Waals surface area contributed by atoms with Crippen molar-refractivity contribution in [2.75, 3.05) is 19.6 Å². The Bertz CT molecular complexity index is 291. The molecule has 1 N–H and O–H groups in total. The quantitative estimate of drug-likeness (QED) is 0.825. The van der Waals surface area contributed by atoms with E-state index in [-0.39, 0.29) is 0 Å². The Labute approximate surface area is 126 Å². The Morgan fingerprint density at radius 2 is 1.75 bits per heavy atom. The lowest BCUT2D eigenvalue weighted by Gasteiger charge is -2.42. The van der Waals surface area contributed by atoms with Crippen molar-refractivity contribution in [3.63, 3.8) is 0 Å². The van der Waals surface area contributed by atoms with Crippen molar-refractivity contribution in [3.8, 4) is 0 Å². The molecule has 2 nitrogen and oxygen atoms in total. The van der Waals surface area contributed by atoms with Crippen molar-refractivity contribution >= 4 is 0 Å². The molecule has 20 heavy (non-hydrogen) atoms. The summed E-state index contributed by atoms with van der Waals surface area (Å²) in [5.41, 5.74) is 0. The molecule has 1 saturated carbocycles. The van der Waals surface area contributed by atoms with Crippen LogP contribution in [0.5, 0.6) is 0 Å². The molecular weight excluding hydrogens is 244 g/mol. The van der Waals surface area contributed by atoms with Gasteiger partial charge in [0.1, 0.15) is 0 Å². The van der Waals surface area contributed by atoms with E-state index < -0.39 is 0 Å². The molecule has 0 spiro atoms. The fourth-order valence-electron chi connectivity index (χ4n) is 4.69. The molecule has 1 aliphatic carbocycles. The van der Waals surface area contributed by atoms with Gasteiger partial charge in [-0.2, -0.15) is 0 Å². The second kappa shape index (κ2) is 7.26. The van der Waals surface area contributed by atoms with Crippen molar-refractivity contribution in [2.24, 2.45) is 23.7 Å². The maximum atomic E-state index is 3.86. The Hall–Kier alpha value is -0.0800. The molecule has 0 radical (unpaired) electrons. The summed E-state index contributed by atoms with van der Waals surface area (Å²) >= 11 is 0. The van der Waals surface area contributed by atoms with Crippen molar-refractivity contribution in [1.29, 1.82) is 0 Å². The zero-order valence-electron chi connectivity index (χ0n) is 14.4. The van der Waals surface area contributed by atoms with Crippen LogP contribution in [-0.2, 0) is 0 Å². The summed E-state index contributed by atoms with van der Waals surface area (Å²) in [6.07, 6.45) is 5.45. The first-order valence-corrected chi connectivity index (χ1v) is 8.98. The smallest absolute Gasteiger partial charge is 0.0113 e. The summed E-state index contributed by atoms with van der Waals surface area (Å²) in [6.45, 7) is 15.9. The molecule has 2 fully saturated rings. The molecular formula is C18H36N2. The summed E-state index contributed by atoms with van der Waals surface area (Å²) in [6, 6.07) is 1.54. The third kappa shape index (κ3) is 3.98. The predicted octanol–water partition coefficient (Wildman–Crippen LogP) is 3.77. The first-order valence-electron chi connectivity index (χ1n) is 8.98. The van der Waals surface area contributed by atoms with Gasteiger partial charge in [-0.25, -0.2) is 0 Å². The maximum Gasteiger partial charge on any atom is 0.0113 e. The zero-order chi connectivity index (χ0) is 14.7. The number of hydrogen-bond donors (Lipinski definition) is 1. The minimum Gasteiger partial charge on any atom is -0.314 e. The number of rotatable bonds is 5. The molecule has 2 rings (SSSR count). The van der Waals surface area contributed by atoms with Crippen LogP contribution >= 0.6 is 0 Å². The fourth-order valence-corrected chi connectivity index (χ4v) is 4.69. The second-order valence-electron chi connectivity index (χ2n) is 7.92. The molecule has 2 heteroatoms. The van der Waals surface area contributed by atoms with E-state index in [1.165, 1.54) is 45.3 Å². The van der Waals surface area contributed by atoms with E-state index in [0.717, 1.165) is 35.8 Å². The van der Waals surface area contributed by atoms with E-state index in [1.807, 2.05) is 0 Å². The molecule has 2 aliphatic rings. The zero-order valence-corrected chi connectivity index (χ0v) is 14.4. The Balaban J connectivity index is 1.97. The predicted molar refractivity (Wildman–Crippen MR) is 87.9 cm³/mol. The minimum atomic E-state index is 0.747. The first-order chi connectivity index (χ1) is 9.51. The monoisotopic (exact) mass is 280 g/mol. The molecule has 0 aromatic carbocycles. The summed E-state index contributed by atoms with van der Waals surface area (Å²) < 4.78 is 0. The Morgan fingerprint density at radius 3 is 2.35 bits per heavy atom. The molecule has 0 aromatic rings. The van der Waals surface area contributed by atoms with Crippen LogP contribution in [-0.4, -0.2) is 36.6 Å². The van der Waals surface area contributed by atoms with Gasteiger partial charge in [0.15, 0.2) is 0 Å². The summed E-state index contributed by atoms with van der Waals surface area (Å²) in [4.78, 5) is 2.77. The largest absolute Gasteiger partial charge is 0.314 e. The van der Waals surface area contributed by atoms with Crippen LogP contribution in [0.3, 0.4) is 0 Å². The van der Waals surface area contributed by atoms with Crippen LogP contribution in [0.2, 0.25) is 0 Å². The van der Waals surface area contributed by atoms with Gasteiger partial charge in [0.2, 0.25) is 0 Å². The number of likely N-dealkylation sites (tertiary alicyclic amines) is 1. The highest BCUT2D eigenvalue weighted by Crippen LogP contribution is 2.36. The summed E-state index contributed by atoms with van der Waals surface area (Å²) in [7, 11) is 0. The molecule has 1 aliphatic heterocycles. The first kappa shape index (κ1) is 16.3. The molecule has 6 unspecified atom stereocenters. The highest BCUT2D eigenvalue weighted by atomic mass is 15.2. The SMILES string of the molecule is CCCNC1CC(C)CC(C)C1CN1CC(C)CC1C. The molecule has 6 atom stereocenters. The summed E-state index contributed by atoms with van der Waals surface area (Å²) in [5.74, 6) is 3.51. The molecule has 0 aromatic heterocycles. The van der Waals surface area contributed by atoms with Crippen molar-refractivity contribution in [1.82, 2.24) is 10.2 Å². The van der Waals surface area contributed by atoms with E-state index in [1.54, 1.807) is 0 Å². The van der Waals surface area contributed by atoms with Gasteiger partial charge in [-0.05, 0) is 62.8 Å². The number of nitrogens with zero attached hydrogens (tertiary/aromatic N) is 1. The van der Waals surface area contributed by atoms with Gasteiger partial charge in [-0.15, -0.1) is 0 Å². The average molecular weight is 280 g/mol. The second-order valence-corrected chi connectivity index (χ2v) is 7.92. The lowest BCUT2D eigenvalue weighted by Crippen LogP contribution is -2.49. The van der Waals surface area contributed by atoms with E-state index in [9.17, 15) is 0 Å². The molecule has 0 bridgehead atoms. The van der Waals surface area contributed by atoms with Gasteiger partial charge in [0.05, 0.1) is 0 Å². The van der Waals surface area contributed by atoms with Gasteiger partial charge < -0.3 is 10.2 Å². The van der Waals surface area contributed by atoms with Crippen LogP contribution in [0.1, 0.15) is 60.3 Å². The van der Waals surface area contributed by atoms with E-state index in [2.05, 4.69) is 44.8 Å². The lowest BCUT2D eigenvalue weighted by molar-refractivity contribution is 0.0974. The summed E-state index contributed by atoms with van der Waals surface area (Å²) in [5, 5.41) is 3.86. The molecule has 118 valence electrons. The van der Waals surface area contributed by atoms with E-state index in [0.29, 0.717) is 0 Å². The fraction of sp³-hybridized carbons (Fsp3) is 1.00.